The van der Waals surface area contributed by atoms with E-state index in [1.54, 1.807) is 0 Å². The van der Waals surface area contributed by atoms with Crippen molar-refractivity contribution in [2.24, 2.45) is 5.92 Å². The smallest absolute Gasteiger partial charge is 0.0365 e. The Morgan fingerprint density at radius 3 is 2.47 bits per heavy atom. The predicted octanol–water partition coefficient (Wildman–Crippen LogP) is 4.72. The molecule has 0 atom stereocenters. The van der Waals surface area contributed by atoms with E-state index in [1.807, 2.05) is 0 Å². The van der Waals surface area contributed by atoms with Crippen LogP contribution in [0.5, 0.6) is 0 Å². The van der Waals surface area contributed by atoms with Gasteiger partial charge in [0.15, 0.2) is 0 Å². The van der Waals surface area contributed by atoms with Crippen LogP contribution in [0, 0.1) is 5.92 Å². The summed E-state index contributed by atoms with van der Waals surface area (Å²) in [6, 6.07) is 11.1. The van der Waals surface area contributed by atoms with Gasteiger partial charge in [0.1, 0.15) is 0 Å². The SMILES string of the molecule is C=C(C1CC1)N(C/C=C(/C)c1ccccc1)C(C)C. The molecule has 0 amide bonds. The Labute approximate surface area is 117 Å². The van der Waals surface area contributed by atoms with E-state index in [9.17, 15) is 0 Å². The predicted molar refractivity (Wildman–Crippen MR) is 83.8 cm³/mol. The van der Waals surface area contributed by atoms with Crippen LogP contribution in [-0.4, -0.2) is 17.5 Å². The number of hydrogen-bond acceptors (Lipinski definition) is 1. The molecule has 1 aromatic carbocycles. The topological polar surface area (TPSA) is 3.24 Å². The van der Waals surface area contributed by atoms with Gasteiger partial charge < -0.3 is 4.90 Å². The summed E-state index contributed by atoms with van der Waals surface area (Å²) in [6.45, 7) is 11.9. The second-order valence-electron chi connectivity index (χ2n) is 5.76. The van der Waals surface area contributed by atoms with Gasteiger partial charge in [0, 0.05) is 18.3 Å². The molecule has 0 aliphatic heterocycles. The second kappa shape index (κ2) is 6.10. The van der Waals surface area contributed by atoms with E-state index in [4.69, 9.17) is 0 Å². The van der Waals surface area contributed by atoms with Crippen LogP contribution in [0.1, 0.15) is 39.2 Å². The van der Waals surface area contributed by atoms with Crippen LogP contribution >= 0.6 is 0 Å². The maximum absolute atomic E-state index is 4.29. The Balaban J connectivity index is 2.03. The molecule has 1 aliphatic carbocycles. The van der Waals surface area contributed by atoms with Gasteiger partial charge in [-0.2, -0.15) is 0 Å². The first kappa shape index (κ1) is 13.9. The zero-order valence-corrected chi connectivity index (χ0v) is 12.4. The molecule has 0 spiro atoms. The normalized spacial score (nSPS) is 15.7. The lowest BCUT2D eigenvalue weighted by Gasteiger charge is -2.30. The summed E-state index contributed by atoms with van der Waals surface area (Å²) in [5, 5.41) is 0. The first-order valence-electron chi connectivity index (χ1n) is 7.27. The molecular weight excluding hydrogens is 230 g/mol. The molecule has 19 heavy (non-hydrogen) atoms. The van der Waals surface area contributed by atoms with E-state index in [-0.39, 0.29) is 0 Å². The van der Waals surface area contributed by atoms with Gasteiger partial charge in [-0.1, -0.05) is 43.0 Å². The third-order valence-electron chi connectivity index (χ3n) is 3.86. The molecule has 1 fully saturated rings. The van der Waals surface area contributed by atoms with Crippen molar-refractivity contribution in [2.75, 3.05) is 6.54 Å². The van der Waals surface area contributed by atoms with Crippen molar-refractivity contribution in [3.05, 3.63) is 54.2 Å². The van der Waals surface area contributed by atoms with Crippen molar-refractivity contribution in [1.82, 2.24) is 4.90 Å². The number of allylic oxidation sites excluding steroid dienone is 2. The van der Waals surface area contributed by atoms with Crippen LogP contribution < -0.4 is 0 Å². The fraction of sp³-hybridized carbons (Fsp3) is 0.444. The highest BCUT2D eigenvalue weighted by atomic mass is 15.2. The van der Waals surface area contributed by atoms with Crippen LogP contribution in [0.25, 0.3) is 5.57 Å². The quantitative estimate of drug-likeness (QED) is 0.710. The highest BCUT2D eigenvalue weighted by Crippen LogP contribution is 2.37. The summed E-state index contributed by atoms with van der Waals surface area (Å²) >= 11 is 0. The van der Waals surface area contributed by atoms with Crippen molar-refractivity contribution >= 4 is 5.57 Å². The molecule has 0 bridgehead atoms. The molecule has 0 N–H and O–H groups in total. The molecule has 2 rings (SSSR count). The summed E-state index contributed by atoms with van der Waals surface area (Å²) < 4.78 is 0. The first-order valence-corrected chi connectivity index (χ1v) is 7.27. The van der Waals surface area contributed by atoms with Gasteiger partial charge in [0.2, 0.25) is 0 Å². The summed E-state index contributed by atoms with van der Waals surface area (Å²) in [7, 11) is 0. The number of benzene rings is 1. The summed E-state index contributed by atoms with van der Waals surface area (Å²) in [6.07, 6.45) is 4.97. The molecule has 0 unspecified atom stereocenters. The standard InChI is InChI=1S/C18H25N/c1-14(2)19(16(4)18-10-11-18)13-12-15(3)17-8-6-5-7-9-17/h5-9,12,14,18H,4,10-11,13H2,1-3H3/b15-12-. The zero-order chi connectivity index (χ0) is 13.8. The van der Waals surface area contributed by atoms with Gasteiger partial charge in [0.25, 0.3) is 0 Å². The fourth-order valence-electron chi connectivity index (χ4n) is 2.36. The average Bonchev–Trinajstić information content (AvgIpc) is 3.23. The van der Waals surface area contributed by atoms with Gasteiger partial charge >= 0.3 is 0 Å². The van der Waals surface area contributed by atoms with E-state index >= 15 is 0 Å². The largest absolute Gasteiger partial charge is 0.369 e. The summed E-state index contributed by atoms with van der Waals surface area (Å²) in [4.78, 5) is 2.43. The maximum atomic E-state index is 4.29. The molecule has 1 nitrogen and oxygen atoms in total. The summed E-state index contributed by atoms with van der Waals surface area (Å²) in [5.41, 5.74) is 3.98. The molecule has 0 saturated heterocycles. The minimum atomic E-state index is 0.521. The molecule has 1 heteroatoms. The van der Waals surface area contributed by atoms with Gasteiger partial charge in [-0.05, 0) is 50.7 Å². The average molecular weight is 255 g/mol. The Hall–Kier alpha value is -1.50. The fourth-order valence-corrected chi connectivity index (χ4v) is 2.36. The summed E-state index contributed by atoms with van der Waals surface area (Å²) in [5.74, 6) is 0.743. The van der Waals surface area contributed by atoms with Gasteiger partial charge in [-0.15, -0.1) is 0 Å². The second-order valence-corrected chi connectivity index (χ2v) is 5.76. The number of nitrogens with zero attached hydrogens (tertiary/aromatic N) is 1. The number of rotatable bonds is 6. The molecule has 0 radical (unpaired) electrons. The Morgan fingerprint density at radius 2 is 1.95 bits per heavy atom. The van der Waals surface area contributed by atoms with Crippen molar-refractivity contribution in [3.63, 3.8) is 0 Å². The van der Waals surface area contributed by atoms with Crippen LogP contribution in [0.4, 0.5) is 0 Å². The molecule has 0 aromatic heterocycles. The molecule has 1 aliphatic rings. The maximum Gasteiger partial charge on any atom is 0.0365 e. The zero-order valence-electron chi connectivity index (χ0n) is 12.4. The van der Waals surface area contributed by atoms with Crippen LogP contribution in [0.15, 0.2) is 48.7 Å². The minimum absolute atomic E-state index is 0.521. The highest BCUT2D eigenvalue weighted by Gasteiger charge is 2.28. The third kappa shape index (κ3) is 3.73. The van der Waals surface area contributed by atoms with Crippen LogP contribution in [0.3, 0.4) is 0 Å². The lowest BCUT2D eigenvalue weighted by Crippen LogP contribution is -2.30. The Morgan fingerprint density at radius 1 is 1.32 bits per heavy atom. The van der Waals surface area contributed by atoms with Crippen molar-refractivity contribution < 1.29 is 0 Å². The highest BCUT2D eigenvalue weighted by molar-refractivity contribution is 5.63. The molecule has 1 aromatic rings. The molecule has 1 saturated carbocycles. The van der Waals surface area contributed by atoms with Crippen LogP contribution in [-0.2, 0) is 0 Å². The van der Waals surface area contributed by atoms with E-state index < -0.39 is 0 Å². The van der Waals surface area contributed by atoms with Crippen LogP contribution in [0.2, 0.25) is 0 Å². The van der Waals surface area contributed by atoms with E-state index in [2.05, 4.69) is 68.7 Å². The minimum Gasteiger partial charge on any atom is -0.369 e. The van der Waals surface area contributed by atoms with E-state index in [0.717, 1.165) is 12.5 Å². The Kier molecular flexibility index (Phi) is 4.47. The van der Waals surface area contributed by atoms with Gasteiger partial charge in [0.05, 0.1) is 0 Å². The van der Waals surface area contributed by atoms with Crippen molar-refractivity contribution in [2.45, 2.75) is 39.7 Å². The van der Waals surface area contributed by atoms with Gasteiger partial charge in [-0.25, -0.2) is 0 Å². The third-order valence-corrected chi connectivity index (χ3v) is 3.86. The molecular formula is C18H25N. The lowest BCUT2D eigenvalue weighted by molar-refractivity contribution is 0.299. The van der Waals surface area contributed by atoms with Crippen molar-refractivity contribution in [1.29, 1.82) is 0 Å². The van der Waals surface area contributed by atoms with Crippen molar-refractivity contribution in [3.8, 4) is 0 Å². The molecule has 0 heterocycles. The lowest BCUT2D eigenvalue weighted by atomic mass is 10.1. The van der Waals surface area contributed by atoms with E-state index in [1.165, 1.54) is 29.7 Å². The molecule has 102 valence electrons. The number of hydrogen-bond donors (Lipinski definition) is 0. The monoisotopic (exact) mass is 255 g/mol. The van der Waals surface area contributed by atoms with E-state index in [0.29, 0.717) is 6.04 Å². The first-order chi connectivity index (χ1) is 9.09. The van der Waals surface area contributed by atoms with Gasteiger partial charge in [-0.3, -0.25) is 0 Å². The Bertz CT molecular complexity index is 452.